The predicted octanol–water partition coefficient (Wildman–Crippen LogP) is 1.57. The molecule has 2 fully saturated rings. The zero-order valence-corrected chi connectivity index (χ0v) is 10.4. The summed E-state index contributed by atoms with van der Waals surface area (Å²) in [4.78, 5) is 34.7. The van der Waals surface area contributed by atoms with Gasteiger partial charge in [-0.1, -0.05) is 18.2 Å². The van der Waals surface area contributed by atoms with Crippen molar-refractivity contribution in [3.63, 3.8) is 0 Å². The molecule has 0 amide bonds. The normalized spacial score (nSPS) is 30.3. The van der Waals surface area contributed by atoms with Crippen LogP contribution in [0.15, 0.2) is 30.3 Å². The van der Waals surface area contributed by atoms with E-state index < -0.39 is 29.2 Å². The first-order valence-electron chi connectivity index (χ1n) is 6.51. The van der Waals surface area contributed by atoms with Crippen LogP contribution in [0.25, 0.3) is 0 Å². The molecule has 1 aromatic rings. The van der Waals surface area contributed by atoms with Crippen molar-refractivity contribution in [2.75, 3.05) is 0 Å². The first-order chi connectivity index (χ1) is 9.16. The monoisotopic (exact) mass is 258 g/mol. The number of hydrogen-bond donors (Lipinski definition) is 0. The largest absolute Gasteiger partial charge is 0.490 e. The van der Waals surface area contributed by atoms with E-state index in [4.69, 9.17) is 4.74 Å². The number of fused-ring (bicyclic) bond motifs is 1. The summed E-state index contributed by atoms with van der Waals surface area (Å²) < 4.78 is 5.81. The highest BCUT2D eigenvalue weighted by atomic mass is 16.5. The summed E-state index contributed by atoms with van der Waals surface area (Å²) in [5, 5.41) is 0. The lowest BCUT2D eigenvalue weighted by molar-refractivity contribution is -0.141. The van der Waals surface area contributed by atoms with Crippen LogP contribution in [-0.2, 0) is 14.4 Å². The third kappa shape index (κ3) is 2.07. The van der Waals surface area contributed by atoms with E-state index in [0.717, 1.165) is 5.75 Å². The summed E-state index contributed by atoms with van der Waals surface area (Å²) in [6.45, 7) is 0. The number of ketones is 3. The van der Waals surface area contributed by atoms with E-state index in [2.05, 4.69) is 0 Å². The minimum Gasteiger partial charge on any atom is -0.490 e. The number of hydrogen-bond acceptors (Lipinski definition) is 4. The maximum absolute atomic E-state index is 11.7. The Bertz CT molecular complexity index is 534. The SMILES string of the molecule is O=C1C(=O)C2CCC(Oc3ccccc3)CC2C1=O. The molecule has 2 aliphatic carbocycles. The first-order valence-corrected chi connectivity index (χ1v) is 6.51. The van der Waals surface area contributed by atoms with Crippen LogP contribution in [0.1, 0.15) is 19.3 Å². The summed E-state index contributed by atoms with van der Waals surface area (Å²) in [6.07, 6.45) is 1.66. The molecule has 0 radical (unpaired) electrons. The molecule has 3 unspecified atom stereocenters. The van der Waals surface area contributed by atoms with Crippen molar-refractivity contribution in [3.05, 3.63) is 30.3 Å². The fourth-order valence-electron chi connectivity index (χ4n) is 2.99. The Labute approximate surface area is 110 Å². The Morgan fingerprint density at radius 1 is 0.895 bits per heavy atom. The van der Waals surface area contributed by atoms with Gasteiger partial charge in [0.25, 0.3) is 5.78 Å². The van der Waals surface area contributed by atoms with Crippen LogP contribution in [0, 0.1) is 11.8 Å². The van der Waals surface area contributed by atoms with E-state index in [1.165, 1.54) is 0 Å². The number of rotatable bonds is 2. The number of ether oxygens (including phenoxy) is 1. The second kappa shape index (κ2) is 4.61. The fourth-order valence-corrected chi connectivity index (χ4v) is 2.99. The number of para-hydroxylation sites is 1. The molecule has 3 rings (SSSR count). The third-order valence-electron chi connectivity index (χ3n) is 3.97. The zero-order valence-electron chi connectivity index (χ0n) is 10.4. The van der Waals surface area contributed by atoms with E-state index in [1.807, 2.05) is 30.3 Å². The average Bonchev–Trinajstić information content (AvgIpc) is 2.65. The predicted molar refractivity (Wildman–Crippen MR) is 66.7 cm³/mol. The molecule has 19 heavy (non-hydrogen) atoms. The maximum Gasteiger partial charge on any atom is 0.264 e. The Morgan fingerprint density at radius 3 is 2.32 bits per heavy atom. The van der Waals surface area contributed by atoms with Crippen LogP contribution in [0.2, 0.25) is 0 Å². The van der Waals surface area contributed by atoms with Gasteiger partial charge in [-0.25, -0.2) is 0 Å². The van der Waals surface area contributed by atoms with Crippen LogP contribution in [0.4, 0.5) is 0 Å². The summed E-state index contributed by atoms with van der Waals surface area (Å²) in [5.41, 5.74) is 0. The Hall–Kier alpha value is -1.97. The fraction of sp³-hybridized carbons (Fsp3) is 0.400. The number of Topliss-reactive ketones (excluding diaryl/α,β-unsaturated/α-hetero) is 3. The van der Waals surface area contributed by atoms with E-state index >= 15 is 0 Å². The molecule has 2 saturated carbocycles. The average molecular weight is 258 g/mol. The minimum absolute atomic E-state index is 0.0914. The number of benzene rings is 1. The molecule has 2 aliphatic rings. The molecular formula is C15H14O4. The molecule has 98 valence electrons. The van der Waals surface area contributed by atoms with Crippen molar-refractivity contribution in [3.8, 4) is 5.75 Å². The van der Waals surface area contributed by atoms with Gasteiger partial charge in [0.05, 0.1) is 6.10 Å². The molecule has 0 aromatic heterocycles. The molecule has 0 spiro atoms. The second-order valence-electron chi connectivity index (χ2n) is 5.14. The molecule has 4 heteroatoms. The van der Waals surface area contributed by atoms with Crippen molar-refractivity contribution in [2.24, 2.45) is 11.8 Å². The second-order valence-corrected chi connectivity index (χ2v) is 5.14. The van der Waals surface area contributed by atoms with Gasteiger partial charge in [0, 0.05) is 11.8 Å². The molecular weight excluding hydrogens is 244 g/mol. The quantitative estimate of drug-likeness (QED) is 0.755. The molecule has 0 bridgehead atoms. The molecule has 0 aliphatic heterocycles. The van der Waals surface area contributed by atoms with Crippen molar-refractivity contribution >= 4 is 17.3 Å². The van der Waals surface area contributed by atoms with E-state index in [9.17, 15) is 14.4 Å². The van der Waals surface area contributed by atoms with Crippen molar-refractivity contribution < 1.29 is 19.1 Å². The summed E-state index contributed by atoms with van der Waals surface area (Å²) >= 11 is 0. The van der Waals surface area contributed by atoms with Gasteiger partial charge >= 0.3 is 0 Å². The van der Waals surface area contributed by atoms with Gasteiger partial charge in [-0.2, -0.15) is 0 Å². The van der Waals surface area contributed by atoms with Gasteiger partial charge in [0.15, 0.2) is 0 Å². The smallest absolute Gasteiger partial charge is 0.264 e. The van der Waals surface area contributed by atoms with Crippen LogP contribution in [0.5, 0.6) is 5.75 Å². The lowest BCUT2D eigenvalue weighted by Gasteiger charge is -2.29. The van der Waals surface area contributed by atoms with Crippen molar-refractivity contribution in [1.82, 2.24) is 0 Å². The van der Waals surface area contributed by atoms with Gasteiger partial charge in [0.1, 0.15) is 5.75 Å². The molecule has 0 saturated heterocycles. The Morgan fingerprint density at radius 2 is 1.58 bits per heavy atom. The third-order valence-corrected chi connectivity index (χ3v) is 3.97. The van der Waals surface area contributed by atoms with Crippen LogP contribution >= 0.6 is 0 Å². The van der Waals surface area contributed by atoms with Gasteiger partial charge in [-0.05, 0) is 31.4 Å². The molecule has 0 N–H and O–H groups in total. The number of carbonyl (C=O) groups is 3. The first kappa shape index (κ1) is 12.1. The summed E-state index contributed by atoms with van der Waals surface area (Å²) in [7, 11) is 0. The van der Waals surface area contributed by atoms with Gasteiger partial charge in [-0.3, -0.25) is 14.4 Å². The van der Waals surface area contributed by atoms with Crippen LogP contribution in [-0.4, -0.2) is 23.5 Å². The highest BCUT2D eigenvalue weighted by molar-refractivity contribution is 6.68. The molecule has 0 heterocycles. The highest BCUT2D eigenvalue weighted by Crippen LogP contribution is 2.37. The van der Waals surface area contributed by atoms with Gasteiger partial charge in [0.2, 0.25) is 11.6 Å². The highest BCUT2D eigenvalue weighted by Gasteiger charge is 2.51. The summed E-state index contributed by atoms with van der Waals surface area (Å²) in [5.74, 6) is -1.91. The summed E-state index contributed by atoms with van der Waals surface area (Å²) in [6, 6.07) is 9.39. The van der Waals surface area contributed by atoms with E-state index in [0.29, 0.717) is 19.3 Å². The van der Waals surface area contributed by atoms with Crippen molar-refractivity contribution in [2.45, 2.75) is 25.4 Å². The Kier molecular flexibility index (Phi) is 2.93. The molecule has 4 nitrogen and oxygen atoms in total. The van der Waals surface area contributed by atoms with E-state index in [-0.39, 0.29) is 6.10 Å². The van der Waals surface area contributed by atoms with Gasteiger partial charge < -0.3 is 4.74 Å². The zero-order chi connectivity index (χ0) is 13.4. The van der Waals surface area contributed by atoms with E-state index in [1.54, 1.807) is 0 Å². The Balaban J connectivity index is 1.71. The molecule has 1 aromatic carbocycles. The minimum atomic E-state index is -0.810. The topological polar surface area (TPSA) is 60.4 Å². The standard InChI is InChI=1S/C15H14O4/c16-13-11-7-6-10(8-12(11)14(17)15(13)18)19-9-4-2-1-3-5-9/h1-5,10-12H,6-8H2. The van der Waals surface area contributed by atoms with Crippen LogP contribution < -0.4 is 4.74 Å². The number of carbonyl (C=O) groups excluding carboxylic acids is 3. The maximum atomic E-state index is 11.7. The lowest BCUT2D eigenvalue weighted by Crippen LogP contribution is -2.33. The van der Waals surface area contributed by atoms with Gasteiger partial charge in [-0.15, -0.1) is 0 Å². The molecule has 3 atom stereocenters. The lowest BCUT2D eigenvalue weighted by atomic mass is 9.79. The van der Waals surface area contributed by atoms with Crippen molar-refractivity contribution in [1.29, 1.82) is 0 Å². The van der Waals surface area contributed by atoms with Crippen LogP contribution in [0.3, 0.4) is 0 Å².